The van der Waals surface area contributed by atoms with Crippen LogP contribution in [0.5, 0.6) is 11.5 Å². The van der Waals surface area contributed by atoms with Crippen molar-refractivity contribution < 1.29 is 19.1 Å². The number of aryl methyl sites for hydroxylation is 1. The number of ether oxygens (including phenoxy) is 2. The van der Waals surface area contributed by atoms with Crippen molar-refractivity contribution in [2.24, 2.45) is 14.1 Å². The van der Waals surface area contributed by atoms with Crippen molar-refractivity contribution in [2.45, 2.75) is 11.7 Å². The third-order valence-corrected chi connectivity index (χ3v) is 6.52. The molecular formula is C23H21N5O4S. The molecule has 33 heavy (non-hydrogen) atoms. The highest BCUT2D eigenvalue weighted by atomic mass is 32.2. The Labute approximate surface area is 193 Å². The molecular weight excluding hydrogens is 442 g/mol. The van der Waals surface area contributed by atoms with Crippen molar-refractivity contribution in [2.75, 3.05) is 12.5 Å². The van der Waals surface area contributed by atoms with Crippen molar-refractivity contribution in [3.8, 4) is 11.5 Å². The molecule has 0 saturated heterocycles. The number of hydrogen-bond donors (Lipinski definition) is 1. The van der Waals surface area contributed by atoms with E-state index in [9.17, 15) is 9.59 Å². The number of rotatable bonds is 7. The third kappa shape index (κ3) is 4.05. The van der Waals surface area contributed by atoms with Crippen LogP contribution in [0.4, 0.5) is 0 Å². The lowest BCUT2D eigenvalue weighted by Crippen LogP contribution is -2.24. The van der Waals surface area contributed by atoms with Gasteiger partial charge in [-0.15, -0.1) is 10.2 Å². The Morgan fingerprint density at radius 3 is 2.79 bits per heavy atom. The highest BCUT2D eigenvalue weighted by Crippen LogP contribution is 2.32. The molecule has 0 bridgehead atoms. The topological polar surface area (TPSA) is 100 Å². The van der Waals surface area contributed by atoms with Gasteiger partial charge in [-0.05, 0) is 24.3 Å². The summed E-state index contributed by atoms with van der Waals surface area (Å²) in [4.78, 5) is 25.3. The van der Waals surface area contributed by atoms with Crippen molar-refractivity contribution in [3.63, 3.8) is 0 Å². The molecule has 0 atom stereocenters. The summed E-state index contributed by atoms with van der Waals surface area (Å²) in [5.74, 6) is 1.78. The van der Waals surface area contributed by atoms with Gasteiger partial charge in [0.1, 0.15) is 0 Å². The van der Waals surface area contributed by atoms with Gasteiger partial charge in [-0.1, -0.05) is 30.0 Å². The van der Waals surface area contributed by atoms with Crippen LogP contribution in [0.25, 0.3) is 10.9 Å². The van der Waals surface area contributed by atoms with Gasteiger partial charge in [-0.2, -0.15) is 0 Å². The normalized spacial score (nSPS) is 12.3. The van der Waals surface area contributed by atoms with Crippen LogP contribution < -0.4 is 14.8 Å². The first kappa shape index (κ1) is 21.1. The van der Waals surface area contributed by atoms with E-state index < -0.39 is 0 Å². The summed E-state index contributed by atoms with van der Waals surface area (Å²) in [5.41, 5.74) is 2.18. The zero-order valence-corrected chi connectivity index (χ0v) is 18.9. The molecule has 0 unspecified atom stereocenters. The average molecular weight is 464 g/mol. The van der Waals surface area contributed by atoms with Gasteiger partial charge in [-0.3, -0.25) is 9.59 Å². The van der Waals surface area contributed by atoms with Gasteiger partial charge in [0.15, 0.2) is 28.3 Å². The fourth-order valence-corrected chi connectivity index (χ4v) is 4.51. The predicted molar refractivity (Wildman–Crippen MR) is 123 cm³/mol. The molecule has 0 spiro atoms. The number of ketones is 1. The van der Waals surface area contributed by atoms with E-state index in [1.54, 1.807) is 22.8 Å². The predicted octanol–water partition coefficient (Wildman–Crippen LogP) is 2.94. The molecule has 1 aliphatic heterocycles. The van der Waals surface area contributed by atoms with Gasteiger partial charge in [0.05, 0.1) is 12.3 Å². The molecule has 2 aromatic heterocycles. The van der Waals surface area contributed by atoms with Gasteiger partial charge in [0.2, 0.25) is 6.79 Å². The number of para-hydroxylation sites is 1. The van der Waals surface area contributed by atoms with Crippen molar-refractivity contribution in [1.82, 2.24) is 24.6 Å². The van der Waals surface area contributed by atoms with E-state index in [0.29, 0.717) is 33.6 Å². The maximum absolute atomic E-state index is 12.8. The van der Waals surface area contributed by atoms with Crippen molar-refractivity contribution in [3.05, 3.63) is 65.6 Å². The van der Waals surface area contributed by atoms with E-state index in [0.717, 1.165) is 10.9 Å². The third-order valence-electron chi connectivity index (χ3n) is 5.50. The zero-order valence-electron chi connectivity index (χ0n) is 18.1. The van der Waals surface area contributed by atoms with Crippen LogP contribution in [0.2, 0.25) is 0 Å². The van der Waals surface area contributed by atoms with Crippen LogP contribution in [0, 0.1) is 0 Å². The van der Waals surface area contributed by atoms with Gasteiger partial charge >= 0.3 is 0 Å². The standard InChI is InChI=1S/C23H21N5O4S/c1-27-11-16(15-5-3-4-6-17(15)27)18(29)12-33-23-26-25-21(28(23)2)10-24-22(30)14-7-8-19-20(9-14)32-13-31-19/h3-9,11H,10,12-13H2,1-2H3,(H,24,30). The largest absolute Gasteiger partial charge is 0.454 e. The number of carbonyl (C=O) groups excluding carboxylic acids is 2. The lowest BCUT2D eigenvalue weighted by Gasteiger charge is -2.06. The van der Waals surface area contributed by atoms with Crippen LogP contribution >= 0.6 is 11.8 Å². The Balaban J connectivity index is 1.21. The molecule has 3 heterocycles. The molecule has 0 radical (unpaired) electrons. The quantitative estimate of drug-likeness (QED) is 0.332. The number of nitrogens with zero attached hydrogens (tertiary/aromatic N) is 4. The number of aromatic nitrogens is 4. The first-order chi connectivity index (χ1) is 16.0. The molecule has 4 aromatic rings. The molecule has 1 N–H and O–H groups in total. The molecule has 0 fully saturated rings. The molecule has 1 aliphatic rings. The Kier molecular flexibility index (Phi) is 5.51. The first-order valence-electron chi connectivity index (χ1n) is 10.3. The Morgan fingerprint density at radius 2 is 1.91 bits per heavy atom. The molecule has 1 amide bonds. The average Bonchev–Trinajstić information content (AvgIpc) is 3.53. The van der Waals surface area contributed by atoms with E-state index >= 15 is 0 Å². The van der Waals surface area contributed by atoms with Crippen LogP contribution in [0.1, 0.15) is 26.5 Å². The van der Waals surface area contributed by atoms with Gasteiger partial charge in [0, 0.05) is 42.3 Å². The summed E-state index contributed by atoms with van der Waals surface area (Å²) < 4.78 is 14.3. The van der Waals surface area contributed by atoms with Crippen molar-refractivity contribution in [1.29, 1.82) is 0 Å². The Hall–Kier alpha value is -3.79. The first-order valence-corrected chi connectivity index (χ1v) is 11.3. The van der Waals surface area contributed by atoms with Crippen LogP contribution in [-0.2, 0) is 20.6 Å². The van der Waals surface area contributed by atoms with Crippen LogP contribution in [0.15, 0.2) is 53.8 Å². The molecule has 5 rings (SSSR count). The number of nitrogens with one attached hydrogen (secondary N) is 1. The number of benzene rings is 2. The molecule has 168 valence electrons. The fourth-order valence-electron chi connectivity index (χ4n) is 3.70. The lowest BCUT2D eigenvalue weighted by atomic mass is 10.1. The fraction of sp³-hybridized carbons (Fsp3) is 0.217. The number of hydrogen-bond acceptors (Lipinski definition) is 7. The van der Waals surface area contributed by atoms with Crippen LogP contribution in [-0.4, -0.2) is 43.6 Å². The van der Waals surface area contributed by atoms with Gasteiger partial charge < -0.3 is 23.9 Å². The maximum Gasteiger partial charge on any atom is 0.251 e. The maximum atomic E-state index is 12.8. The summed E-state index contributed by atoms with van der Waals surface area (Å²) in [6.45, 7) is 0.359. The monoisotopic (exact) mass is 463 g/mol. The molecule has 10 heteroatoms. The second-order valence-electron chi connectivity index (χ2n) is 7.59. The minimum Gasteiger partial charge on any atom is -0.454 e. The number of fused-ring (bicyclic) bond motifs is 2. The minimum absolute atomic E-state index is 0.0254. The number of carbonyl (C=O) groups is 2. The molecule has 0 saturated carbocycles. The Bertz CT molecular complexity index is 1380. The number of amides is 1. The van der Waals surface area contributed by atoms with E-state index in [2.05, 4.69) is 15.5 Å². The van der Waals surface area contributed by atoms with E-state index in [1.165, 1.54) is 11.8 Å². The SMILES string of the molecule is Cn1c(CNC(=O)c2ccc3c(c2)OCO3)nnc1SCC(=O)c1cn(C)c2ccccc12. The highest BCUT2D eigenvalue weighted by molar-refractivity contribution is 7.99. The lowest BCUT2D eigenvalue weighted by molar-refractivity contribution is 0.0948. The van der Waals surface area contributed by atoms with E-state index in [-0.39, 0.29) is 30.8 Å². The molecule has 2 aromatic carbocycles. The summed E-state index contributed by atoms with van der Waals surface area (Å²) >= 11 is 1.32. The molecule has 0 aliphatic carbocycles. The second-order valence-corrected chi connectivity index (χ2v) is 8.53. The smallest absolute Gasteiger partial charge is 0.251 e. The highest BCUT2D eigenvalue weighted by Gasteiger charge is 2.18. The van der Waals surface area contributed by atoms with E-state index in [1.807, 2.05) is 49.1 Å². The van der Waals surface area contributed by atoms with Crippen LogP contribution in [0.3, 0.4) is 0 Å². The zero-order chi connectivity index (χ0) is 22.9. The van der Waals surface area contributed by atoms with Gasteiger partial charge in [-0.25, -0.2) is 0 Å². The second kappa shape index (κ2) is 8.62. The van der Waals surface area contributed by atoms with E-state index in [4.69, 9.17) is 9.47 Å². The minimum atomic E-state index is -0.253. The number of Topliss-reactive ketones (excluding diaryl/α,β-unsaturated/α-hetero) is 1. The number of thioether (sulfide) groups is 1. The Morgan fingerprint density at radius 1 is 1.09 bits per heavy atom. The summed E-state index contributed by atoms with van der Waals surface area (Å²) in [6.07, 6.45) is 1.86. The summed E-state index contributed by atoms with van der Waals surface area (Å²) in [5, 5.41) is 12.7. The summed E-state index contributed by atoms with van der Waals surface area (Å²) in [6, 6.07) is 12.9. The van der Waals surface area contributed by atoms with Crippen molar-refractivity contribution >= 4 is 34.4 Å². The van der Waals surface area contributed by atoms with Gasteiger partial charge in [0.25, 0.3) is 5.91 Å². The molecule has 9 nitrogen and oxygen atoms in total. The summed E-state index contributed by atoms with van der Waals surface area (Å²) in [7, 11) is 3.74.